The summed E-state index contributed by atoms with van der Waals surface area (Å²) in [6, 6.07) is 17.0. The molecule has 0 aliphatic rings. The van der Waals surface area contributed by atoms with E-state index in [2.05, 4.69) is 5.32 Å². The fourth-order valence-electron chi connectivity index (χ4n) is 4.30. The number of ether oxygens (including phenoxy) is 2. The van der Waals surface area contributed by atoms with Crippen molar-refractivity contribution in [3.05, 3.63) is 84.2 Å². The Morgan fingerprint density at radius 1 is 0.951 bits per heavy atom. The molecule has 0 aliphatic carbocycles. The molecule has 0 unspecified atom stereocenters. The highest BCUT2D eigenvalue weighted by Crippen LogP contribution is 2.36. The first kappa shape index (κ1) is 31.4. The third-order valence-electron chi connectivity index (χ3n) is 6.47. The summed E-state index contributed by atoms with van der Waals surface area (Å²) < 4.78 is 53.4. The highest BCUT2D eigenvalue weighted by Gasteiger charge is 2.35. The second kappa shape index (κ2) is 14.5. The highest BCUT2D eigenvalue weighted by atomic mass is 32.2. The fraction of sp³-hybridized carbons (Fsp3) is 0.333. The van der Waals surface area contributed by atoms with Gasteiger partial charge in [-0.2, -0.15) is 0 Å². The standard InChI is InChI=1S/C30H36FN3O6S/c1-5-18-32-30(36)26(6-2)33(20-22-12-14-23(31)15-13-22)29(35)21-34(41(37,38)25-10-8-7-9-11-25)27-19-24(39-3)16-17-28(27)40-4/h7-17,19,26H,5-6,18,20-21H2,1-4H3,(H,32,36)/t26-/m0/s1. The van der Waals surface area contributed by atoms with Gasteiger partial charge in [0.2, 0.25) is 11.8 Å². The molecule has 3 rings (SSSR count). The number of nitrogens with one attached hydrogen (secondary N) is 1. The summed E-state index contributed by atoms with van der Waals surface area (Å²) in [6.45, 7) is 3.43. The molecule has 220 valence electrons. The normalized spacial score (nSPS) is 11.8. The topological polar surface area (TPSA) is 105 Å². The molecule has 3 aromatic carbocycles. The van der Waals surface area contributed by atoms with Crippen LogP contribution in [0.3, 0.4) is 0 Å². The molecule has 0 spiro atoms. The predicted molar refractivity (Wildman–Crippen MR) is 155 cm³/mol. The first-order chi connectivity index (χ1) is 19.7. The maximum atomic E-state index is 14.1. The molecule has 0 heterocycles. The van der Waals surface area contributed by atoms with E-state index in [4.69, 9.17) is 9.47 Å². The zero-order valence-electron chi connectivity index (χ0n) is 23.7. The van der Waals surface area contributed by atoms with Gasteiger partial charge in [0, 0.05) is 19.2 Å². The molecule has 9 nitrogen and oxygen atoms in total. The molecule has 2 amide bonds. The summed E-state index contributed by atoms with van der Waals surface area (Å²) in [4.78, 5) is 28.6. The van der Waals surface area contributed by atoms with E-state index >= 15 is 0 Å². The lowest BCUT2D eigenvalue weighted by atomic mass is 10.1. The van der Waals surface area contributed by atoms with E-state index in [1.807, 2.05) is 6.92 Å². The van der Waals surface area contributed by atoms with Crippen molar-refractivity contribution in [3.8, 4) is 11.5 Å². The summed E-state index contributed by atoms with van der Waals surface area (Å²) >= 11 is 0. The van der Waals surface area contributed by atoms with E-state index in [-0.39, 0.29) is 35.2 Å². The Labute approximate surface area is 240 Å². The zero-order valence-corrected chi connectivity index (χ0v) is 24.5. The Morgan fingerprint density at radius 2 is 1.63 bits per heavy atom. The fourth-order valence-corrected chi connectivity index (χ4v) is 5.73. The van der Waals surface area contributed by atoms with Crippen LogP contribution in [0.5, 0.6) is 11.5 Å². The third-order valence-corrected chi connectivity index (χ3v) is 8.24. The van der Waals surface area contributed by atoms with Crippen molar-refractivity contribution >= 4 is 27.5 Å². The molecule has 0 saturated carbocycles. The molecule has 11 heteroatoms. The second-order valence-electron chi connectivity index (χ2n) is 9.23. The average molecular weight is 586 g/mol. The molecule has 0 fully saturated rings. The zero-order chi connectivity index (χ0) is 30.0. The third kappa shape index (κ3) is 7.75. The molecular formula is C30H36FN3O6S. The Kier molecular flexibility index (Phi) is 11.1. The molecule has 0 radical (unpaired) electrons. The Bertz CT molecular complexity index is 1420. The minimum absolute atomic E-state index is 0.0320. The van der Waals surface area contributed by atoms with Gasteiger partial charge in [-0.15, -0.1) is 0 Å². The van der Waals surface area contributed by atoms with Crippen molar-refractivity contribution in [1.82, 2.24) is 10.2 Å². The van der Waals surface area contributed by atoms with Crippen LogP contribution in [0.4, 0.5) is 10.1 Å². The van der Waals surface area contributed by atoms with Gasteiger partial charge in [0.1, 0.15) is 29.9 Å². The quantitative estimate of drug-likeness (QED) is 0.301. The van der Waals surface area contributed by atoms with Gasteiger partial charge < -0.3 is 19.7 Å². The van der Waals surface area contributed by atoms with Gasteiger partial charge >= 0.3 is 0 Å². The van der Waals surface area contributed by atoms with Gasteiger partial charge in [0.05, 0.1) is 24.8 Å². The minimum Gasteiger partial charge on any atom is -0.497 e. The van der Waals surface area contributed by atoms with Gasteiger partial charge in [0.25, 0.3) is 10.0 Å². The molecule has 1 atom stereocenters. The number of carbonyl (C=O) groups is 2. The van der Waals surface area contributed by atoms with E-state index in [9.17, 15) is 22.4 Å². The number of hydrogen-bond donors (Lipinski definition) is 1. The van der Waals surface area contributed by atoms with E-state index < -0.39 is 34.3 Å². The van der Waals surface area contributed by atoms with Gasteiger partial charge in [0.15, 0.2) is 0 Å². The van der Waals surface area contributed by atoms with Crippen LogP contribution in [-0.4, -0.2) is 58.5 Å². The summed E-state index contributed by atoms with van der Waals surface area (Å²) in [5.41, 5.74) is 0.673. The lowest BCUT2D eigenvalue weighted by molar-refractivity contribution is -0.140. The number of anilines is 1. The van der Waals surface area contributed by atoms with Crippen LogP contribution in [0.2, 0.25) is 0 Å². The first-order valence-corrected chi connectivity index (χ1v) is 14.7. The number of amides is 2. The maximum Gasteiger partial charge on any atom is 0.264 e. The number of benzene rings is 3. The summed E-state index contributed by atoms with van der Waals surface area (Å²) in [7, 11) is -1.45. The number of hydrogen-bond acceptors (Lipinski definition) is 6. The van der Waals surface area contributed by atoms with Crippen molar-refractivity contribution in [2.75, 3.05) is 31.6 Å². The minimum atomic E-state index is -4.29. The van der Waals surface area contributed by atoms with E-state index in [0.29, 0.717) is 24.3 Å². The van der Waals surface area contributed by atoms with Crippen LogP contribution in [0, 0.1) is 5.82 Å². The molecular weight excluding hydrogens is 549 g/mol. The largest absolute Gasteiger partial charge is 0.497 e. The summed E-state index contributed by atoms with van der Waals surface area (Å²) in [6.07, 6.45) is 0.975. The van der Waals surface area contributed by atoms with Gasteiger partial charge in [-0.1, -0.05) is 44.2 Å². The first-order valence-electron chi connectivity index (χ1n) is 13.3. The smallest absolute Gasteiger partial charge is 0.264 e. The van der Waals surface area contributed by atoms with Crippen molar-refractivity contribution in [1.29, 1.82) is 0 Å². The van der Waals surface area contributed by atoms with E-state index in [1.165, 1.54) is 61.6 Å². The van der Waals surface area contributed by atoms with Crippen molar-refractivity contribution in [2.45, 2.75) is 44.2 Å². The van der Waals surface area contributed by atoms with Crippen molar-refractivity contribution in [3.63, 3.8) is 0 Å². The number of nitrogens with zero attached hydrogens (tertiary/aromatic N) is 2. The lowest BCUT2D eigenvalue weighted by Gasteiger charge is -2.33. The van der Waals surface area contributed by atoms with Crippen molar-refractivity contribution < 1.29 is 31.9 Å². The van der Waals surface area contributed by atoms with Crippen LogP contribution < -0.4 is 19.1 Å². The van der Waals surface area contributed by atoms with Gasteiger partial charge in [-0.05, 0) is 54.8 Å². The maximum absolute atomic E-state index is 14.1. The highest BCUT2D eigenvalue weighted by molar-refractivity contribution is 7.92. The predicted octanol–water partition coefficient (Wildman–Crippen LogP) is 4.37. The molecule has 0 aliphatic heterocycles. The van der Waals surface area contributed by atoms with E-state index in [1.54, 1.807) is 37.3 Å². The van der Waals surface area contributed by atoms with Crippen LogP contribution in [-0.2, 0) is 26.2 Å². The molecule has 0 aromatic heterocycles. The Morgan fingerprint density at radius 3 is 2.22 bits per heavy atom. The number of carbonyl (C=O) groups excluding carboxylic acids is 2. The SMILES string of the molecule is CCCNC(=O)[C@H](CC)N(Cc1ccc(F)cc1)C(=O)CN(c1cc(OC)ccc1OC)S(=O)(=O)c1ccccc1. The monoisotopic (exact) mass is 585 g/mol. The van der Waals surface area contributed by atoms with Gasteiger partial charge in [-0.3, -0.25) is 13.9 Å². The summed E-state index contributed by atoms with van der Waals surface area (Å²) in [5, 5.41) is 2.83. The van der Waals surface area contributed by atoms with E-state index in [0.717, 1.165) is 4.31 Å². The molecule has 0 bridgehead atoms. The Hall–Kier alpha value is -4.12. The Balaban J connectivity index is 2.12. The van der Waals surface area contributed by atoms with Crippen LogP contribution in [0.25, 0.3) is 0 Å². The number of halogens is 1. The molecule has 0 saturated heterocycles. The molecule has 3 aromatic rings. The summed E-state index contributed by atoms with van der Waals surface area (Å²) in [5.74, 6) is -0.867. The number of sulfonamides is 1. The molecule has 41 heavy (non-hydrogen) atoms. The van der Waals surface area contributed by atoms with Crippen LogP contribution in [0.15, 0.2) is 77.7 Å². The second-order valence-corrected chi connectivity index (χ2v) is 11.1. The average Bonchev–Trinajstić information content (AvgIpc) is 2.99. The van der Waals surface area contributed by atoms with Crippen molar-refractivity contribution in [2.24, 2.45) is 0 Å². The molecule has 1 N–H and O–H groups in total. The lowest BCUT2D eigenvalue weighted by Crippen LogP contribution is -2.52. The number of methoxy groups -OCH3 is 2. The van der Waals surface area contributed by atoms with Gasteiger partial charge in [-0.25, -0.2) is 12.8 Å². The van der Waals surface area contributed by atoms with Crippen LogP contribution in [0.1, 0.15) is 32.3 Å². The number of rotatable bonds is 14. The van der Waals surface area contributed by atoms with Crippen LogP contribution >= 0.6 is 0 Å².